The van der Waals surface area contributed by atoms with Crippen LogP contribution in [0.5, 0.6) is 0 Å². The number of non-ortho nitro benzene ring substituents is 1. The molecule has 1 amide bonds. The summed E-state index contributed by atoms with van der Waals surface area (Å²) in [6.45, 7) is 1.74. The summed E-state index contributed by atoms with van der Waals surface area (Å²) in [5, 5.41) is 25.4. The lowest BCUT2D eigenvalue weighted by molar-refractivity contribution is -0.384. The Kier molecular flexibility index (Phi) is 5.18. The van der Waals surface area contributed by atoms with Crippen molar-refractivity contribution in [1.29, 1.82) is 0 Å². The molecule has 0 bridgehead atoms. The third kappa shape index (κ3) is 3.99. The van der Waals surface area contributed by atoms with Gasteiger partial charge in [0.25, 0.3) is 11.6 Å². The third-order valence-electron chi connectivity index (χ3n) is 4.70. The summed E-state index contributed by atoms with van der Waals surface area (Å²) < 4.78 is 0. The summed E-state index contributed by atoms with van der Waals surface area (Å²) >= 11 is 1.46. The van der Waals surface area contributed by atoms with Crippen LogP contribution in [0.15, 0.2) is 71.3 Å². The van der Waals surface area contributed by atoms with Crippen LogP contribution >= 0.6 is 11.3 Å². The van der Waals surface area contributed by atoms with Gasteiger partial charge in [0.1, 0.15) is 0 Å². The molecule has 0 unspecified atom stereocenters. The zero-order valence-electron chi connectivity index (χ0n) is 16.2. The maximum atomic E-state index is 12.9. The van der Waals surface area contributed by atoms with Gasteiger partial charge in [-0.2, -0.15) is 10.1 Å². The van der Waals surface area contributed by atoms with Crippen molar-refractivity contribution in [2.75, 3.05) is 5.01 Å². The molecule has 0 aliphatic carbocycles. The molecule has 3 aromatic rings. The molecule has 0 saturated carbocycles. The van der Waals surface area contributed by atoms with Gasteiger partial charge < -0.3 is 5.11 Å². The molecular weight excluding hydrogens is 418 g/mol. The summed E-state index contributed by atoms with van der Waals surface area (Å²) in [4.78, 5) is 36.0. The molecule has 2 aromatic carbocycles. The fourth-order valence-corrected chi connectivity index (χ4v) is 4.04. The van der Waals surface area contributed by atoms with Gasteiger partial charge in [-0.15, -0.1) is 11.3 Å². The van der Waals surface area contributed by atoms with Crippen molar-refractivity contribution in [3.8, 4) is 10.4 Å². The van der Waals surface area contributed by atoms with E-state index in [1.807, 2.05) is 12.1 Å². The average Bonchev–Trinajstić information content (AvgIpc) is 3.34. The largest absolute Gasteiger partial charge is 0.478 e. The highest BCUT2D eigenvalue weighted by Gasteiger charge is 2.29. The second kappa shape index (κ2) is 7.96. The number of carbonyl (C=O) groups excluding carboxylic acids is 1. The molecule has 1 aliphatic rings. The van der Waals surface area contributed by atoms with Crippen molar-refractivity contribution in [2.45, 2.75) is 6.92 Å². The number of hydrazone groups is 1. The van der Waals surface area contributed by atoms with E-state index in [9.17, 15) is 19.7 Å². The number of anilines is 1. The summed E-state index contributed by atoms with van der Waals surface area (Å²) in [6.07, 6.45) is 1.76. The van der Waals surface area contributed by atoms with Crippen molar-refractivity contribution in [1.82, 2.24) is 0 Å². The number of nitrogens with zero attached hydrogens (tertiary/aromatic N) is 3. The van der Waals surface area contributed by atoms with Crippen molar-refractivity contribution < 1.29 is 19.6 Å². The molecule has 0 atom stereocenters. The number of aromatic carboxylic acids is 1. The first-order valence-electron chi connectivity index (χ1n) is 9.13. The number of benzene rings is 2. The second-order valence-corrected chi connectivity index (χ2v) is 7.83. The number of nitro groups is 1. The van der Waals surface area contributed by atoms with Gasteiger partial charge in [0.05, 0.1) is 27.5 Å². The Hall–Kier alpha value is -4.11. The molecular formula is C22H15N3O5S. The predicted molar refractivity (Wildman–Crippen MR) is 118 cm³/mol. The molecule has 1 N–H and O–H groups in total. The van der Waals surface area contributed by atoms with Gasteiger partial charge in [-0.25, -0.2) is 4.79 Å². The Morgan fingerprint density at radius 3 is 2.39 bits per heavy atom. The molecule has 1 aromatic heterocycles. The van der Waals surface area contributed by atoms with Gasteiger partial charge in [-0.3, -0.25) is 14.9 Å². The van der Waals surface area contributed by atoms with Gasteiger partial charge >= 0.3 is 5.97 Å². The first-order chi connectivity index (χ1) is 14.8. The maximum Gasteiger partial charge on any atom is 0.335 e. The van der Waals surface area contributed by atoms with Crippen molar-refractivity contribution in [3.63, 3.8) is 0 Å². The van der Waals surface area contributed by atoms with E-state index in [0.29, 0.717) is 17.0 Å². The Labute approximate surface area is 180 Å². The minimum Gasteiger partial charge on any atom is -0.478 e. The zero-order valence-corrected chi connectivity index (χ0v) is 17.0. The fourth-order valence-electron chi connectivity index (χ4n) is 3.08. The number of carboxylic acids is 1. The smallest absolute Gasteiger partial charge is 0.335 e. The molecule has 154 valence electrons. The van der Waals surface area contributed by atoms with Gasteiger partial charge in [0.2, 0.25) is 0 Å². The first kappa shape index (κ1) is 20.2. The van der Waals surface area contributed by atoms with Crippen LogP contribution in [0.1, 0.15) is 22.2 Å². The van der Waals surface area contributed by atoms with Crippen molar-refractivity contribution in [3.05, 3.63) is 86.8 Å². The molecule has 8 nitrogen and oxygen atoms in total. The topological polar surface area (TPSA) is 113 Å². The van der Waals surface area contributed by atoms with Crippen molar-refractivity contribution >= 4 is 46.4 Å². The molecule has 9 heteroatoms. The van der Waals surface area contributed by atoms with E-state index in [0.717, 1.165) is 15.3 Å². The standard InChI is InChI=1S/C22H15N3O5S/c1-13-19(21(26)24(23-13)16-6-4-15(5-7-16)22(27)28)12-18-10-11-20(31-18)14-2-8-17(9-3-14)25(29)30/h2-12H,1H3,(H,27,28). The first-order valence-corrected chi connectivity index (χ1v) is 9.95. The molecule has 0 radical (unpaired) electrons. The number of thiophene rings is 1. The average molecular weight is 433 g/mol. The van der Waals surface area contributed by atoms with Crippen LogP contribution in [0, 0.1) is 10.1 Å². The van der Waals surface area contributed by atoms with Gasteiger partial charge in [-0.1, -0.05) is 0 Å². The normalized spacial score (nSPS) is 14.7. The highest BCUT2D eigenvalue weighted by Crippen LogP contribution is 2.32. The second-order valence-electron chi connectivity index (χ2n) is 6.72. The SMILES string of the molecule is CC1=NN(c2ccc(C(=O)O)cc2)C(=O)C1=Cc1ccc(-c2ccc([N+](=O)[O-])cc2)s1. The Bertz CT molecular complexity index is 1260. The van der Waals surface area contributed by atoms with Crippen LogP contribution in [0.25, 0.3) is 16.5 Å². The van der Waals surface area contributed by atoms with Crippen molar-refractivity contribution in [2.24, 2.45) is 5.10 Å². The molecule has 4 rings (SSSR count). The number of hydrogen-bond donors (Lipinski definition) is 1. The van der Waals surface area contributed by atoms with Crippen LogP contribution in [0.4, 0.5) is 11.4 Å². The third-order valence-corrected chi connectivity index (χ3v) is 5.78. The van der Waals surface area contributed by atoms with E-state index >= 15 is 0 Å². The van der Waals surface area contributed by atoms with E-state index in [4.69, 9.17) is 5.11 Å². The summed E-state index contributed by atoms with van der Waals surface area (Å²) in [5.41, 5.74) is 2.49. The number of hydrogen-bond acceptors (Lipinski definition) is 6. The van der Waals surface area contributed by atoms with Crippen LogP contribution in [-0.2, 0) is 4.79 Å². The molecule has 2 heterocycles. The summed E-state index contributed by atoms with van der Waals surface area (Å²) in [6, 6.07) is 16.0. The molecule has 1 aliphatic heterocycles. The van der Waals surface area contributed by atoms with Gasteiger partial charge in [0.15, 0.2) is 0 Å². The summed E-state index contributed by atoms with van der Waals surface area (Å²) in [5.74, 6) is -1.34. The number of carboxylic acid groups (broad SMARTS) is 1. The highest BCUT2D eigenvalue weighted by molar-refractivity contribution is 7.16. The summed E-state index contributed by atoms with van der Waals surface area (Å²) in [7, 11) is 0. The molecule has 31 heavy (non-hydrogen) atoms. The molecule has 0 saturated heterocycles. The van der Waals surface area contributed by atoms with E-state index in [1.54, 1.807) is 37.3 Å². The minimum atomic E-state index is -1.04. The molecule has 0 spiro atoms. The zero-order chi connectivity index (χ0) is 22.1. The van der Waals surface area contributed by atoms with Crippen LogP contribution in [-0.4, -0.2) is 27.6 Å². The lowest BCUT2D eigenvalue weighted by atomic mass is 10.1. The number of amides is 1. The minimum absolute atomic E-state index is 0.0301. The number of nitro benzene ring substituents is 1. The van der Waals surface area contributed by atoms with E-state index in [1.165, 1.54) is 40.6 Å². The van der Waals surface area contributed by atoms with E-state index in [-0.39, 0.29) is 17.2 Å². The quantitative estimate of drug-likeness (QED) is 0.352. The fraction of sp³-hybridized carbons (Fsp3) is 0.0455. The lowest BCUT2D eigenvalue weighted by Crippen LogP contribution is -2.21. The Balaban J connectivity index is 1.57. The van der Waals surface area contributed by atoms with E-state index in [2.05, 4.69) is 5.10 Å². The Morgan fingerprint density at radius 2 is 1.77 bits per heavy atom. The van der Waals surface area contributed by atoms with Gasteiger partial charge in [-0.05, 0) is 67.1 Å². The van der Waals surface area contributed by atoms with Gasteiger partial charge in [0, 0.05) is 21.9 Å². The monoisotopic (exact) mass is 433 g/mol. The van der Waals surface area contributed by atoms with Crippen LogP contribution in [0.2, 0.25) is 0 Å². The lowest BCUT2D eigenvalue weighted by Gasteiger charge is -2.11. The van der Waals surface area contributed by atoms with E-state index < -0.39 is 10.9 Å². The van der Waals surface area contributed by atoms with Crippen LogP contribution < -0.4 is 5.01 Å². The highest BCUT2D eigenvalue weighted by atomic mass is 32.1. The Morgan fingerprint density at radius 1 is 1.10 bits per heavy atom. The van der Waals surface area contributed by atoms with Crippen LogP contribution in [0.3, 0.4) is 0 Å². The number of carbonyl (C=O) groups is 2. The molecule has 0 fully saturated rings. The predicted octanol–water partition coefficient (Wildman–Crippen LogP) is 4.83. The number of rotatable bonds is 5. The maximum absolute atomic E-state index is 12.9.